The predicted molar refractivity (Wildman–Crippen MR) is 172 cm³/mol. The van der Waals surface area contributed by atoms with E-state index in [0.717, 1.165) is 62.4 Å². The quantitative estimate of drug-likeness (QED) is 0.248. The number of sulfonamides is 1. The van der Waals surface area contributed by atoms with Crippen molar-refractivity contribution in [2.24, 2.45) is 5.73 Å². The lowest BCUT2D eigenvalue weighted by Crippen LogP contribution is -2.61. The first-order chi connectivity index (χ1) is 23.4. The Bertz CT molecular complexity index is 1800. The molecule has 2 heterocycles. The summed E-state index contributed by atoms with van der Waals surface area (Å²) in [6.07, 6.45) is 1.58. The number of piperidine rings is 1. The molecule has 16 heteroatoms. The molecular formula is C34H38F5N3O7S. The van der Waals surface area contributed by atoms with Crippen LogP contribution in [0.3, 0.4) is 0 Å². The monoisotopic (exact) mass is 727 g/mol. The maximum atomic E-state index is 16.4. The van der Waals surface area contributed by atoms with Crippen LogP contribution in [0, 0.1) is 0 Å². The maximum Gasteiger partial charge on any atom is 0.490 e. The van der Waals surface area contributed by atoms with Crippen LogP contribution in [0.25, 0.3) is 10.8 Å². The van der Waals surface area contributed by atoms with E-state index in [2.05, 4.69) is 0 Å². The number of fused-ring (bicyclic) bond motifs is 3. The van der Waals surface area contributed by atoms with Crippen LogP contribution in [0.1, 0.15) is 56.9 Å². The Kier molecular flexibility index (Phi) is 10.7. The van der Waals surface area contributed by atoms with E-state index in [1.54, 1.807) is 18.2 Å². The van der Waals surface area contributed by atoms with Crippen molar-refractivity contribution < 1.29 is 54.9 Å². The number of hydrogen-bond acceptors (Lipinski definition) is 7. The lowest BCUT2D eigenvalue weighted by atomic mass is 9.94. The number of phenols is 1. The number of carboxylic acid groups (broad SMARTS) is 1. The van der Waals surface area contributed by atoms with Gasteiger partial charge in [0.2, 0.25) is 15.9 Å². The van der Waals surface area contributed by atoms with Crippen LogP contribution >= 0.6 is 0 Å². The van der Waals surface area contributed by atoms with Gasteiger partial charge in [-0.15, -0.1) is 0 Å². The fraction of sp³-hybridized carbons (Fsp3) is 0.471. The number of aromatic hydroxyl groups is 1. The zero-order valence-corrected chi connectivity index (χ0v) is 27.8. The number of amides is 1. The molecule has 6 rings (SSSR count). The highest BCUT2D eigenvalue weighted by Crippen LogP contribution is 2.42. The molecule has 0 radical (unpaired) electrons. The normalized spacial score (nSPS) is 21.9. The van der Waals surface area contributed by atoms with Crippen molar-refractivity contribution in [1.29, 1.82) is 0 Å². The third-order valence-electron chi connectivity index (χ3n) is 9.52. The summed E-state index contributed by atoms with van der Waals surface area (Å²) in [5.41, 5.74) is 5.59. The number of halogens is 5. The van der Waals surface area contributed by atoms with Crippen molar-refractivity contribution in [3.63, 3.8) is 0 Å². The second-order valence-corrected chi connectivity index (χ2v) is 15.0. The number of alkyl halides is 5. The topological polar surface area (TPSA) is 150 Å². The number of hydrogen-bond donors (Lipinski definition) is 3. The lowest BCUT2D eigenvalue weighted by molar-refractivity contribution is -0.192. The van der Waals surface area contributed by atoms with Crippen LogP contribution in [-0.4, -0.2) is 83.2 Å². The van der Waals surface area contributed by atoms with Crippen molar-refractivity contribution in [3.05, 3.63) is 66.2 Å². The van der Waals surface area contributed by atoms with Gasteiger partial charge in [0.1, 0.15) is 11.5 Å². The number of rotatable bonds is 8. The maximum absolute atomic E-state index is 16.4. The summed E-state index contributed by atoms with van der Waals surface area (Å²) in [6.45, 7) is 0. The van der Waals surface area contributed by atoms with Gasteiger partial charge < -0.3 is 25.6 Å². The Labute approximate surface area is 285 Å². The number of carbonyl (C=O) groups excluding carboxylic acids is 1. The smallest absolute Gasteiger partial charge is 0.490 e. The summed E-state index contributed by atoms with van der Waals surface area (Å²) in [5, 5.41) is 18.2. The van der Waals surface area contributed by atoms with E-state index in [4.69, 9.17) is 20.4 Å². The number of likely N-dealkylation sites (N-methyl/N-ethyl adjacent to an activating group) is 1. The Morgan fingerprint density at radius 3 is 2.00 bits per heavy atom. The average Bonchev–Trinajstić information content (AvgIpc) is 3.66. The van der Waals surface area contributed by atoms with Crippen molar-refractivity contribution in [3.8, 4) is 11.5 Å². The minimum absolute atomic E-state index is 0.138. The third-order valence-corrected chi connectivity index (χ3v) is 11.3. The van der Waals surface area contributed by atoms with Gasteiger partial charge in [-0.25, -0.2) is 13.2 Å². The largest absolute Gasteiger partial charge is 0.508 e. The molecule has 1 aliphatic carbocycles. The number of ether oxygens (including phenoxy) is 1. The zero-order chi connectivity index (χ0) is 36.6. The van der Waals surface area contributed by atoms with Gasteiger partial charge in [0.05, 0.1) is 11.0 Å². The third kappa shape index (κ3) is 7.81. The van der Waals surface area contributed by atoms with E-state index in [9.17, 15) is 31.5 Å². The summed E-state index contributed by atoms with van der Waals surface area (Å²) < 4.78 is 99.1. The van der Waals surface area contributed by atoms with Crippen molar-refractivity contribution in [1.82, 2.24) is 9.21 Å². The Morgan fingerprint density at radius 1 is 0.900 bits per heavy atom. The van der Waals surface area contributed by atoms with Crippen LogP contribution in [0.5, 0.6) is 11.5 Å². The van der Waals surface area contributed by atoms with Gasteiger partial charge in [0.15, 0.2) is 6.04 Å². The molecule has 10 nitrogen and oxygen atoms in total. The van der Waals surface area contributed by atoms with Crippen LogP contribution < -0.4 is 10.5 Å². The van der Waals surface area contributed by atoms with E-state index < -0.39 is 45.6 Å². The molecule has 0 spiro atoms. The first kappa shape index (κ1) is 37.2. The number of carboxylic acids is 1. The highest BCUT2D eigenvalue weighted by atomic mass is 32.2. The number of aliphatic carboxylic acids is 1. The van der Waals surface area contributed by atoms with E-state index in [1.165, 1.54) is 17.0 Å². The van der Waals surface area contributed by atoms with Gasteiger partial charge in [-0.3, -0.25) is 4.79 Å². The summed E-state index contributed by atoms with van der Waals surface area (Å²) >= 11 is 0. The number of nitrogens with zero attached hydrogens (tertiary/aromatic N) is 2. The minimum Gasteiger partial charge on any atom is -0.508 e. The first-order valence-corrected chi connectivity index (χ1v) is 17.6. The minimum atomic E-state index is -5.08. The van der Waals surface area contributed by atoms with Crippen LogP contribution in [-0.2, 0) is 25.5 Å². The van der Waals surface area contributed by atoms with E-state index in [-0.39, 0.29) is 34.9 Å². The van der Waals surface area contributed by atoms with E-state index in [0.29, 0.717) is 41.1 Å². The number of nitrogens with two attached hydrogens (primary N) is 1. The Morgan fingerprint density at radius 2 is 1.44 bits per heavy atom. The molecule has 4 N–H and O–H groups in total. The van der Waals surface area contributed by atoms with Gasteiger partial charge in [0, 0.05) is 30.7 Å². The molecule has 50 heavy (non-hydrogen) atoms. The molecule has 2 unspecified atom stereocenters. The average molecular weight is 728 g/mol. The number of phenolic OH excluding ortho intramolecular Hbond substituents is 1. The second-order valence-electron chi connectivity index (χ2n) is 13.0. The molecule has 0 aromatic heterocycles. The molecule has 3 aromatic carbocycles. The summed E-state index contributed by atoms with van der Waals surface area (Å²) in [7, 11) is -3.53. The van der Waals surface area contributed by atoms with Gasteiger partial charge in [-0.1, -0.05) is 12.1 Å². The molecule has 3 aromatic rings. The highest BCUT2D eigenvalue weighted by Gasteiger charge is 2.56. The summed E-state index contributed by atoms with van der Waals surface area (Å²) in [5.74, 6) is -7.14. The SMILES string of the molecule is CN([C@H](C(=O)N1C2CCC1CC(N)C2)C(F)(F)c1ccc(O)cc1)S(=O)(=O)c1ccc2cc(OC3CCCC3)ccc2c1.O=C(O)C(F)(F)F. The lowest BCUT2D eigenvalue weighted by Gasteiger charge is -2.42. The van der Waals surface area contributed by atoms with Gasteiger partial charge in [0.25, 0.3) is 5.92 Å². The summed E-state index contributed by atoms with van der Waals surface area (Å²) in [6, 6.07) is 10.9. The second kappa shape index (κ2) is 14.3. The standard InChI is InChI=1S/C32H37F2N3O5S.C2HF3O2/c1-36(43(40,41)29-15-7-20-16-28(14-6-21(20)17-29)42-27-4-2-3-5-27)30(32(33,34)22-8-12-26(38)13-9-22)31(39)37-24-10-11-25(37)19-23(35)18-24;3-2(4,5)1(6)7/h6-9,12-17,23-25,27,30,38H,2-5,10-11,18-19,35H2,1H3;(H,6,7)/t23?,24?,25?,30-;/m1./s1. The molecule has 272 valence electrons. The number of carbonyl (C=O) groups is 2. The first-order valence-electron chi connectivity index (χ1n) is 16.1. The van der Waals surface area contributed by atoms with Crippen LogP contribution in [0.2, 0.25) is 0 Å². The molecule has 3 aliphatic rings. The molecule has 1 saturated carbocycles. The molecule has 3 atom stereocenters. The van der Waals surface area contributed by atoms with Crippen molar-refractivity contribution in [2.45, 2.75) is 98.6 Å². The van der Waals surface area contributed by atoms with Gasteiger partial charge in [-0.2, -0.15) is 26.3 Å². The van der Waals surface area contributed by atoms with Gasteiger partial charge >= 0.3 is 12.1 Å². The fourth-order valence-electron chi connectivity index (χ4n) is 7.04. The molecule has 1 amide bonds. The van der Waals surface area contributed by atoms with Crippen LogP contribution in [0.15, 0.2) is 65.6 Å². The van der Waals surface area contributed by atoms with E-state index in [1.807, 2.05) is 6.07 Å². The molecule has 2 bridgehead atoms. The fourth-order valence-corrected chi connectivity index (χ4v) is 8.39. The van der Waals surface area contributed by atoms with Crippen LogP contribution in [0.4, 0.5) is 22.0 Å². The molecule has 3 fully saturated rings. The molecule has 2 saturated heterocycles. The van der Waals surface area contributed by atoms with Gasteiger partial charge in [-0.05, 0) is 111 Å². The van der Waals surface area contributed by atoms with Crippen molar-refractivity contribution >= 4 is 32.7 Å². The Balaban J connectivity index is 0.000000630. The summed E-state index contributed by atoms with van der Waals surface area (Å²) in [4.78, 5) is 24.2. The predicted octanol–water partition coefficient (Wildman–Crippen LogP) is 5.76. The van der Waals surface area contributed by atoms with E-state index >= 15 is 8.78 Å². The zero-order valence-electron chi connectivity index (χ0n) is 27.0. The Hall–Kier alpha value is -4.02. The van der Waals surface area contributed by atoms with Crippen molar-refractivity contribution in [2.75, 3.05) is 7.05 Å². The highest BCUT2D eigenvalue weighted by molar-refractivity contribution is 7.89. The molecule has 2 aliphatic heterocycles. The number of benzene rings is 3. The molecular weight excluding hydrogens is 689 g/mol.